The normalized spacial score (nSPS) is 11.1. The minimum Gasteiger partial charge on any atom is -0.308 e. The highest BCUT2D eigenvalue weighted by atomic mass is 32.2. The average molecular weight is 431 g/mol. The summed E-state index contributed by atoms with van der Waals surface area (Å²) in [5.74, 6) is 0.764. The maximum absolute atomic E-state index is 12.1. The molecule has 0 aliphatic carbocycles. The molecule has 0 aliphatic rings. The number of thioether (sulfide) groups is 1. The van der Waals surface area contributed by atoms with Crippen LogP contribution in [0.1, 0.15) is 50.9 Å². The zero-order valence-corrected chi connectivity index (χ0v) is 18.7. The molecule has 2 aromatic rings. The second kappa shape index (κ2) is 11.5. The van der Waals surface area contributed by atoms with E-state index in [4.69, 9.17) is 0 Å². The van der Waals surface area contributed by atoms with E-state index < -0.39 is 6.03 Å². The van der Waals surface area contributed by atoms with Gasteiger partial charge in [-0.25, -0.2) is 4.79 Å². The number of amides is 2. The van der Waals surface area contributed by atoms with E-state index in [9.17, 15) is 9.59 Å². The average Bonchev–Trinajstić information content (AvgIpc) is 3.08. The molecular formula is C21H26N4O2S2. The molecule has 1 aromatic heterocycles. The number of urea groups is 1. The van der Waals surface area contributed by atoms with E-state index in [1.807, 2.05) is 0 Å². The lowest BCUT2D eigenvalue weighted by molar-refractivity contribution is 0.101. The molecule has 0 spiro atoms. The van der Waals surface area contributed by atoms with E-state index in [1.165, 1.54) is 29.4 Å². The van der Waals surface area contributed by atoms with Crippen molar-refractivity contribution >= 4 is 45.7 Å². The lowest BCUT2D eigenvalue weighted by atomic mass is 10.1. The molecular weight excluding hydrogens is 404 g/mol. The number of nitrogens with one attached hydrogen (secondary N) is 2. The van der Waals surface area contributed by atoms with Crippen molar-refractivity contribution in [2.45, 2.75) is 44.9 Å². The molecule has 0 atom stereocenters. The first-order valence-corrected chi connectivity index (χ1v) is 11.1. The van der Waals surface area contributed by atoms with E-state index >= 15 is 0 Å². The molecule has 0 bridgehead atoms. The minimum absolute atomic E-state index is 0.0546. The summed E-state index contributed by atoms with van der Waals surface area (Å²) in [5, 5.41) is 13.9. The molecule has 6 nitrogen and oxygen atoms in total. The topological polar surface area (TPSA) is 84.0 Å². The SMILES string of the molecule is CC(=O)c1cccc(NC(=O)Nc2nnc(SCC=C(C)CCC=C(C)C)s2)c1. The second-order valence-electron chi connectivity index (χ2n) is 6.77. The van der Waals surface area contributed by atoms with Gasteiger partial charge in [0.25, 0.3) is 0 Å². The third kappa shape index (κ3) is 8.62. The van der Waals surface area contributed by atoms with Gasteiger partial charge in [0, 0.05) is 17.0 Å². The lowest BCUT2D eigenvalue weighted by Gasteiger charge is -2.06. The summed E-state index contributed by atoms with van der Waals surface area (Å²) in [4.78, 5) is 23.6. The van der Waals surface area contributed by atoms with Crippen LogP contribution in [0.15, 0.2) is 51.9 Å². The van der Waals surface area contributed by atoms with Gasteiger partial charge in [0.05, 0.1) is 0 Å². The number of aromatic nitrogens is 2. The molecule has 8 heteroatoms. The monoisotopic (exact) mass is 430 g/mol. The van der Waals surface area contributed by atoms with Gasteiger partial charge in [-0.15, -0.1) is 10.2 Å². The van der Waals surface area contributed by atoms with Crippen LogP contribution in [0.2, 0.25) is 0 Å². The first-order chi connectivity index (χ1) is 13.8. The third-order valence-corrected chi connectivity index (χ3v) is 5.78. The van der Waals surface area contributed by atoms with Gasteiger partial charge in [-0.3, -0.25) is 10.1 Å². The summed E-state index contributed by atoms with van der Waals surface area (Å²) in [6, 6.07) is 6.36. The number of anilines is 2. The van der Waals surface area contributed by atoms with Crippen molar-refractivity contribution in [1.29, 1.82) is 0 Å². The maximum Gasteiger partial charge on any atom is 0.325 e. The van der Waals surface area contributed by atoms with E-state index in [-0.39, 0.29) is 5.78 Å². The molecule has 0 unspecified atom stereocenters. The van der Waals surface area contributed by atoms with Crippen molar-refractivity contribution in [3.05, 3.63) is 53.1 Å². The van der Waals surface area contributed by atoms with Crippen LogP contribution in [-0.2, 0) is 0 Å². The summed E-state index contributed by atoms with van der Waals surface area (Å²) >= 11 is 2.92. The predicted molar refractivity (Wildman–Crippen MR) is 122 cm³/mol. The van der Waals surface area contributed by atoms with E-state index in [1.54, 1.807) is 36.0 Å². The Balaban J connectivity index is 1.81. The highest BCUT2D eigenvalue weighted by Gasteiger charge is 2.09. The summed E-state index contributed by atoms with van der Waals surface area (Å²) in [6.07, 6.45) is 6.56. The fourth-order valence-electron chi connectivity index (χ4n) is 2.34. The van der Waals surface area contributed by atoms with Crippen LogP contribution in [0.25, 0.3) is 0 Å². The predicted octanol–water partition coefficient (Wildman–Crippen LogP) is 6.17. The van der Waals surface area contributed by atoms with E-state index in [0.717, 1.165) is 22.9 Å². The molecule has 0 radical (unpaired) electrons. The Labute approximate surface area is 179 Å². The van der Waals surface area contributed by atoms with Crippen molar-refractivity contribution in [2.75, 3.05) is 16.4 Å². The lowest BCUT2D eigenvalue weighted by Crippen LogP contribution is -2.19. The molecule has 0 saturated carbocycles. The van der Waals surface area contributed by atoms with Gasteiger partial charge in [0.15, 0.2) is 10.1 Å². The van der Waals surface area contributed by atoms with Crippen LogP contribution in [0, 0.1) is 0 Å². The van der Waals surface area contributed by atoms with Crippen LogP contribution in [-0.4, -0.2) is 27.8 Å². The molecule has 0 fully saturated rings. The number of hydrogen-bond donors (Lipinski definition) is 2. The third-order valence-electron chi connectivity index (χ3n) is 3.88. The van der Waals surface area contributed by atoms with Crippen LogP contribution in [0.3, 0.4) is 0 Å². The van der Waals surface area contributed by atoms with Gasteiger partial charge in [-0.05, 0) is 52.7 Å². The van der Waals surface area contributed by atoms with Crippen molar-refractivity contribution < 1.29 is 9.59 Å². The number of ketones is 1. The van der Waals surface area contributed by atoms with Crippen LogP contribution < -0.4 is 10.6 Å². The number of benzene rings is 1. The molecule has 154 valence electrons. The first-order valence-electron chi connectivity index (χ1n) is 9.28. The fourth-order valence-corrected chi connectivity index (χ4v) is 4.10. The zero-order chi connectivity index (χ0) is 21.2. The van der Waals surface area contributed by atoms with Crippen LogP contribution in [0.5, 0.6) is 0 Å². The molecule has 0 saturated heterocycles. The Bertz CT molecular complexity index is 915. The Morgan fingerprint density at radius 2 is 1.90 bits per heavy atom. The maximum atomic E-state index is 12.1. The number of allylic oxidation sites excluding steroid dienone is 3. The quantitative estimate of drug-likeness (QED) is 0.215. The number of rotatable bonds is 9. The van der Waals surface area contributed by atoms with Crippen molar-refractivity contribution in [1.82, 2.24) is 10.2 Å². The molecule has 2 N–H and O–H groups in total. The van der Waals surface area contributed by atoms with Crippen LogP contribution in [0.4, 0.5) is 15.6 Å². The first kappa shape index (κ1) is 22.8. The van der Waals surface area contributed by atoms with Gasteiger partial charge in [0.2, 0.25) is 5.13 Å². The van der Waals surface area contributed by atoms with Crippen LogP contribution >= 0.6 is 23.1 Å². The van der Waals surface area contributed by atoms with E-state index in [2.05, 4.69) is 53.8 Å². The molecule has 1 heterocycles. The van der Waals surface area contributed by atoms with Gasteiger partial charge in [-0.2, -0.15) is 0 Å². The van der Waals surface area contributed by atoms with Gasteiger partial charge >= 0.3 is 6.03 Å². The van der Waals surface area contributed by atoms with E-state index in [0.29, 0.717) is 16.4 Å². The van der Waals surface area contributed by atoms with Gasteiger partial charge in [0.1, 0.15) is 0 Å². The Morgan fingerprint density at radius 3 is 2.62 bits per heavy atom. The molecule has 2 rings (SSSR count). The van der Waals surface area contributed by atoms with Crippen molar-refractivity contribution in [3.63, 3.8) is 0 Å². The highest BCUT2D eigenvalue weighted by Crippen LogP contribution is 2.26. The number of nitrogens with zero attached hydrogens (tertiary/aromatic N) is 2. The summed E-state index contributed by atoms with van der Waals surface area (Å²) in [6.45, 7) is 7.84. The molecule has 1 aromatic carbocycles. The Kier molecular flexibility index (Phi) is 9.08. The number of carbonyl (C=O) groups is 2. The Hall–Kier alpha value is -2.45. The highest BCUT2D eigenvalue weighted by molar-refractivity contribution is 8.01. The molecule has 0 aliphatic heterocycles. The molecule has 29 heavy (non-hydrogen) atoms. The number of hydrogen-bond acceptors (Lipinski definition) is 6. The standard InChI is InChI=1S/C21H26N4O2S2/c1-14(2)7-5-8-15(3)11-12-28-21-25-24-20(29-21)23-19(27)22-18-10-6-9-17(13-18)16(4)26/h6-7,9-11,13H,5,8,12H2,1-4H3,(H2,22,23,24,27). The fraction of sp³-hybridized carbons (Fsp3) is 0.333. The zero-order valence-electron chi connectivity index (χ0n) is 17.1. The van der Waals surface area contributed by atoms with Gasteiger partial charge in [-0.1, -0.05) is 58.5 Å². The second-order valence-corrected chi connectivity index (χ2v) is 9.02. The number of carbonyl (C=O) groups excluding carboxylic acids is 2. The summed E-state index contributed by atoms with van der Waals surface area (Å²) in [7, 11) is 0. The largest absolute Gasteiger partial charge is 0.325 e. The summed E-state index contributed by atoms with van der Waals surface area (Å²) in [5.41, 5.74) is 3.78. The summed E-state index contributed by atoms with van der Waals surface area (Å²) < 4.78 is 0.798. The molecule has 2 amide bonds. The minimum atomic E-state index is -0.423. The smallest absolute Gasteiger partial charge is 0.308 e. The van der Waals surface area contributed by atoms with Crippen molar-refractivity contribution in [3.8, 4) is 0 Å². The number of Topliss-reactive ketones (excluding diaryl/α,β-unsaturated/α-hetero) is 1. The van der Waals surface area contributed by atoms with Crippen molar-refractivity contribution in [2.24, 2.45) is 0 Å². The Morgan fingerprint density at radius 1 is 1.10 bits per heavy atom. The van der Waals surface area contributed by atoms with Gasteiger partial charge < -0.3 is 5.32 Å².